The van der Waals surface area contributed by atoms with Crippen LogP contribution in [0.25, 0.3) is 0 Å². The van der Waals surface area contributed by atoms with Gasteiger partial charge in [-0.1, -0.05) is 12.8 Å². The lowest BCUT2D eigenvalue weighted by Crippen LogP contribution is -2.39. The van der Waals surface area contributed by atoms with Crippen molar-refractivity contribution in [3.05, 3.63) is 24.0 Å². The van der Waals surface area contributed by atoms with Gasteiger partial charge in [0.2, 0.25) is 0 Å². The highest BCUT2D eigenvalue weighted by atomic mass is 19.1. The predicted octanol–water partition coefficient (Wildman–Crippen LogP) is 2.12. The molecule has 0 bridgehead atoms. The molecule has 1 aliphatic carbocycles. The van der Waals surface area contributed by atoms with E-state index in [4.69, 9.17) is 5.73 Å². The van der Waals surface area contributed by atoms with E-state index in [1.165, 1.54) is 12.1 Å². The van der Waals surface area contributed by atoms with Gasteiger partial charge in [0.1, 0.15) is 5.82 Å². The summed E-state index contributed by atoms with van der Waals surface area (Å²) in [4.78, 5) is 0. The highest BCUT2D eigenvalue weighted by Gasteiger charge is 2.33. The number of hydrogen-bond acceptors (Lipinski definition) is 3. The van der Waals surface area contributed by atoms with Crippen LogP contribution in [0.2, 0.25) is 0 Å². The molecule has 0 unspecified atom stereocenters. The first-order chi connectivity index (χ1) is 7.65. The maximum absolute atomic E-state index is 12.9. The average molecular weight is 224 g/mol. The summed E-state index contributed by atoms with van der Waals surface area (Å²) in [5.74, 6) is -0.340. The van der Waals surface area contributed by atoms with Gasteiger partial charge >= 0.3 is 0 Å². The molecule has 0 atom stereocenters. The van der Waals surface area contributed by atoms with Crippen molar-refractivity contribution in [2.45, 2.75) is 31.2 Å². The second-order valence-corrected chi connectivity index (χ2v) is 4.50. The Hall–Kier alpha value is -1.29. The Kier molecular flexibility index (Phi) is 3.01. The van der Waals surface area contributed by atoms with Crippen LogP contribution in [-0.4, -0.2) is 17.3 Å². The molecule has 0 aliphatic heterocycles. The number of nitrogens with two attached hydrogens (primary N) is 1. The molecular formula is C12H17FN2O. The minimum atomic E-state index is -0.340. The fourth-order valence-electron chi connectivity index (χ4n) is 2.31. The van der Waals surface area contributed by atoms with Crippen molar-refractivity contribution in [3.8, 4) is 0 Å². The van der Waals surface area contributed by atoms with E-state index in [9.17, 15) is 9.50 Å². The van der Waals surface area contributed by atoms with Gasteiger partial charge in [0.05, 0.1) is 23.5 Å². The molecule has 0 spiro atoms. The highest BCUT2D eigenvalue weighted by molar-refractivity contribution is 5.67. The molecule has 0 saturated heterocycles. The first-order valence-corrected chi connectivity index (χ1v) is 5.59. The summed E-state index contributed by atoms with van der Waals surface area (Å²) in [6, 6.07) is 4.29. The van der Waals surface area contributed by atoms with E-state index in [-0.39, 0.29) is 18.0 Å². The number of benzene rings is 1. The zero-order valence-corrected chi connectivity index (χ0v) is 9.17. The normalized spacial score (nSPS) is 18.6. The maximum Gasteiger partial charge on any atom is 0.125 e. The van der Waals surface area contributed by atoms with Crippen LogP contribution in [0.5, 0.6) is 0 Å². The molecule has 3 nitrogen and oxygen atoms in total. The van der Waals surface area contributed by atoms with Gasteiger partial charge in [-0.25, -0.2) is 4.39 Å². The average Bonchev–Trinajstić information content (AvgIpc) is 2.72. The molecule has 1 fully saturated rings. The van der Waals surface area contributed by atoms with E-state index in [1.807, 2.05) is 0 Å². The number of hydrogen-bond donors (Lipinski definition) is 3. The summed E-state index contributed by atoms with van der Waals surface area (Å²) < 4.78 is 12.9. The monoisotopic (exact) mass is 224 g/mol. The number of halogens is 1. The minimum Gasteiger partial charge on any atom is -0.397 e. The topological polar surface area (TPSA) is 58.3 Å². The third kappa shape index (κ3) is 2.11. The molecular weight excluding hydrogens is 207 g/mol. The number of aliphatic hydroxyl groups excluding tert-OH is 1. The Morgan fingerprint density at radius 2 is 2.06 bits per heavy atom. The van der Waals surface area contributed by atoms with Gasteiger partial charge in [-0.3, -0.25) is 0 Å². The van der Waals surface area contributed by atoms with Crippen LogP contribution in [0.15, 0.2) is 18.2 Å². The molecule has 0 aromatic heterocycles. The Labute approximate surface area is 94.5 Å². The zero-order valence-electron chi connectivity index (χ0n) is 9.17. The van der Waals surface area contributed by atoms with Gasteiger partial charge in [-0.05, 0) is 31.0 Å². The Balaban J connectivity index is 2.19. The molecule has 2 rings (SSSR count). The number of nitrogen functional groups attached to an aromatic ring is 1. The number of anilines is 2. The first kappa shape index (κ1) is 11.2. The minimum absolute atomic E-state index is 0.0871. The summed E-state index contributed by atoms with van der Waals surface area (Å²) in [6.07, 6.45) is 4.07. The van der Waals surface area contributed by atoms with E-state index in [1.54, 1.807) is 6.07 Å². The molecule has 88 valence electrons. The Bertz CT molecular complexity index is 375. The van der Waals surface area contributed by atoms with Crippen LogP contribution < -0.4 is 11.1 Å². The van der Waals surface area contributed by atoms with Gasteiger partial charge < -0.3 is 16.2 Å². The van der Waals surface area contributed by atoms with E-state index < -0.39 is 0 Å². The van der Waals surface area contributed by atoms with Crippen molar-refractivity contribution in [3.63, 3.8) is 0 Å². The van der Waals surface area contributed by atoms with Crippen LogP contribution >= 0.6 is 0 Å². The highest BCUT2D eigenvalue weighted by Crippen LogP contribution is 2.34. The van der Waals surface area contributed by atoms with Crippen molar-refractivity contribution >= 4 is 11.4 Å². The molecule has 0 amide bonds. The van der Waals surface area contributed by atoms with E-state index in [0.717, 1.165) is 25.7 Å². The lowest BCUT2D eigenvalue weighted by molar-refractivity contribution is 0.214. The standard InChI is InChI=1S/C12H17FN2O/c13-9-3-4-11(10(14)7-9)15-12(8-16)5-1-2-6-12/h3-4,7,15-16H,1-2,5-6,8,14H2. The quantitative estimate of drug-likeness (QED) is 0.689. The second kappa shape index (κ2) is 4.29. The molecule has 0 radical (unpaired) electrons. The van der Waals surface area contributed by atoms with Crippen LogP contribution in [0.1, 0.15) is 25.7 Å². The fraction of sp³-hybridized carbons (Fsp3) is 0.500. The van der Waals surface area contributed by atoms with Crippen molar-refractivity contribution in [1.82, 2.24) is 0 Å². The van der Waals surface area contributed by atoms with Gasteiger partial charge in [0, 0.05) is 0 Å². The largest absolute Gasteiger partial charge is 0.397 e. The number of aliphatic hydroxyl groups is 1. The van der Waals surface area contributed by atoms with Gasteiger partial charge in [-0.15, -0.1) is 0 Å². The molecule has 1 aromatic rings. The predicted molar refractivity (Wildman–Crippen MR) is 62.7 cm³/mol. The van der Waals surface area contributed by atoms with Crippen molar-refractivity contribution in [2.24, 2.45) is 0 Å². The first-order valence-electron chi connectivity index (χ1n) is 5.59. The fourth-order valence-corrected chi connectivity index (χ4v) is 2.31. The van der Waals surface area contributed by atoms with E-state index >= 15 is 0 Å². The summed E-state index contributed by atoms with van der Waals surface area (Å²) in [5.41, 5.74) is 6.55. The van der Waals surface area contributed by atoms with Crippen LogP contribution in [0.3, 0.4) is 0 Å². The Morgan fingerprint density at radius 1 is 1.38 bits per heavy atom. The third-order valence-corrected chi connectivity index (χ3v) is 3.28. The van der Waals surface area contributed by atoms with Gasteiger partial charge in [0.25, 0.3) is 0 Å². The molecule has 1 aromatic carbocycles. The lowest BCUT2D eigenvalue weighted by Gasteiger charge is -2.29. The van der Waals surface area contributed by atoms with Gasteiger partial charge in [-0.2, -0.15) is 0 Å². The third-order valence-electron chi connectivity index (χ3n) is 3.28. The molecule has 4 N–H and O–H groups in total. The van der Waals surface area contributed by atoms with Crippen LogP contribution in [-0.2, 0) is 0 Å². The second-order valence-electron chi connectivity index (χ2n) is 4.50. The maximum atomic E-state index is 12.9. The summed E-state index contributed by atoms with van der Waals surface area (Å²) in [5, 5.41) is 12.7. The summed E-state index contributed by atoms with van der Waals surface area (Å²) in [7, 11) is 0. The van der Waals surface area contributed by atoms with Crippen molar-refractivity contribution in [2.75, 3.05) is 17.7 Å². The zero-order chi connectivity index (χ0) is 11.6. The molecule has 0 heterocycles. The van der Waals surface area contributed by atoms with E-state index in [2.05, 4.69) is 5.32 Å². The molecule has 1 aliphatic rings. The molecule has 16 heavy (non-hydrogen) atoms. The molecule has 4 heteroatoms. The SMILES string of the molecule is Nc1cc(F)ccc1NC1(CO)CCCC1. The number of nitrogens with one attached hydrogen (secondary N) is 1. The van der Waals surface area contributed by atoms with Crippen molar-refractivity contribution in [1.29, 1.82) is 0 Å². The van der Waals surface area contributed by atoms with Crippen LogP contribution in [0.4, 0.5) is 15.8 Å². The van der Waals surface area contributed by atoms with E-state index in [0.29, 0.717) is 11.4 Å². The summed E-state index contributed by atoms with van der Waals surface area (Å²) >= 11 is 0. The number of rotatable bonds is 3. The van der Waals surface area contributed by atoms with Crippen molar-refractivity contribution < 1.29 is 9.50 Å². The smallest absolute Gasteiger partial charge is 0.125 e. The lowest BCUT2D eigenvalue weighted by atomic mass is 9.98. The van der Waals surface area contributed by atoms with Crippen LogP contribution in [0, 0.1) is 5.82 Å². The Morgan fingerprint density at radius 3 is 2.62 bits per heavy atom. The summed E-state index contributed by atoms with van der Waals surface area (Å²) in [6.45, 7) is 0.0871. The van der Waals surface area contributed by atoms with Gasteiger partial charge in [0.15, 0.2) is 0 Å². The molecule has 1 saturated carbocycles.